The molecule has 1 amide bonds. The average molecular weight is 345 g/mol. The van der Waals surface area contributed by atoms with Gasteiger partial charge in [-0.1, -0.05) is 0 Å². The van der Waals surface area contributed by atoms with Crippen molar-refractivity contribution in [2.24, 2.45) is 0 Å². The van der Waals surface area contributed by atoms with Crippen molar-refractivity contribution >= 4 is 11.6 Å². The molecule has 1 heterocycles. The summed E-state index contributed by atoms with van der Waals surface area (Å²) < 4.78 is 37.0. The highest BCUT2D eigenvalue weighted by atomic mass is 19.1. The highest BCUT2D eigenvalue weighted by molar-refractivity contribution is 5.94. The van der Waals surface area contributed by atoms with E-state index in [1.807, 2.05) is 0 Å². The van der Waals surface area contributed by atoms with Gasteiger partial charge in [0.25, 0.3) is 5.91 Å². The molecule has 1 N–H and O–H groups in total. The number of halogens is 2. The fourth-order valence-electron chi connectivity index (χ4n) is 2.06. The van der Waals surface area contributed by atoms with Gasteiger partial charge >= 0.3 is 0 Å². The summed E-state index contributed by atoms with van der Waals surface area (Å²) in [5.41, 5.74) is 0.587. The molecule has 0 spiro atoms. The number of amides is 1. The Labute approximate surface area is 141 Å². The number of aromatic nitrogens is 2. The van der Waals surface area contributed by atoms with Crippen LogP contribution < -0.4 is 10.1 Å². The van der Waals surface area contributed by atoms with Crippen molar-refractivity contribution in [2.45, 2.75) is 13.0 Å². The van der Waals surface area contributed by atoms with Gasteiger partial charge in [0.2, 0.25) is 12.3 Å². The summed E-state index contributed by atoms with van der Waals surface area (Å²) in [6.07, 6.45) is 0.333. The molecule has 2 aromatic carbocycles. The van der Waals surface area contributed by atoms with Crippen LogP contribution in [0.1, 0.15) is 6.92 Å². The largest absolute Gasteiger partial charge is 0.481 e. The van der Waals surface area contributed by atoms with E-state index in [0.29, 0.717) is 23.3 Å². The van der Waals surface area contributed by atoms with Crippen LogP contribution in [0.25, 0.3) is 11.5 Å². The molecule has 1 unspecified atom stereocenters. The summed E-state index contributed by atoms with van der Waals surface area (Å²) in [5, 5.41) is 9.73. The summed E-state index contributed by atoms with van der Waals surface area (Å²) in [7, 11) is 0. The molecule has 0 aliphatic carbocycles. The van der Waals surface area contributed by atoms with E-state index in [1.165, 1.54) is 13.3 Å². The van der Waals surface area contributed by atoms with Gasteiger partial charge in [-0.3, -0.25) is 4.79 Å². The molecule has 0 saturated carbocycles. The minimum Gasteiger partial charge on any atom is -0.481 e. The maximum atomic E-state index is 13.6. The van der Waals surface area contributed by atoms with Crippen molar-refractivity contribution in [3.63, 3.8) is 0 Å². The maximum Gasteiger partial charge on any atom is 0.265 e. The molecule has 0 aliphatic heterocycles. The molecule has 3 aromatic rings. The third-order valence-electron chi connectivity index (χ3n) is 3.33. The smallest absolute Gasteiger partial charge is 0.265 e. The Morgan fingerprint density at radius 3 is 2.60 bits per heavy atom. The van der Waals surface area contributed by atoms with Crippen LogP contribution in [0.4, 0.5) is 14.5 Å². The van der Waals surface area contributed by atoms with Gasteiger partial charge in [0.1, 0.15) is 17.4 Å². The monoisotopic (exact) mass is 345 g/mol. The molecule has 1 atom stereocenters. The van der Waals surface area contributed by atoms with E-state index in [-0.39, 0.29) is 5.69 Å². The zero-order valence-corrected chi connectivity index (χ0v) is 13.1. The SMILES string of the molecule is CC(Oc1ccc(-c2nnco2)cc1)C(=O)Nc1ccc(F)cc1F. The van der Waals surface area contributed by atoms with Crippen LogP contribution in [0.5, 0.6) is 5.75 Å². The zero-order chi connectivity index (χ0) is 17.8. The lowest BCUT2D eigenvalue weighted by molar-refractivity contribution is -0.122. The lowest BCUT2D eigenvalue weighted by Gasteiger charge is -2.15. The number of hydrogen-bond acceptors (Lipinski definition) is 5. The first-order valence-corrected chi connectivity index (χ1v) is 7.32. The van der Waals surface area contributed by atoms with E-state index in [1.54, 1.807) is 24.3 Å². The number of hydrogen-bond donors (Lipinski definition) is 1. The molecule has 0 aliphatic rings. The number of carbonyl (C=O) groups is 1. The minimum atomic E-state index is -0.890. The third-order valence-corrected chi connectivity index (χ3v) is 3.33. The van der Waals surface area contributed by atoms with E-state index < -0.39 is 23.6 Å². The van der Waals surface area contributed by atoms with Gasteiger partial charge < -0.3 is 14.5 Å². The fraction of sp³-hybridized carbons (Fsp3) is 0.118. The molecular weight excluding hydrogens is 332 g/mol. The summed E-state index contributed by atoms with van der Waals surface area (Å²) in [6, 6.07) is 9.58. The first-order valence-electron chi connectivity index (χ1n) is 7.32. The predicted molar refractivity (Wildman–Crippen MR) is 84.8 cm³/mol. The Hall–Kier alpha value is -3.29. The van der Waals surface area contributed by atoms with Gasteiger partial charge in [-0.2, -0.15) is 0 Å². The molecule has 3 rings (SSSR count). The van der Waals surface area contributed by atoms with Crippen LogP contribution >= 0.6 is 0 Å². The molecule has 0 radical (unpaired) electrons. The van der Waals surface area contributed by atoms with E-state index in [4.69, 9.17) is 9.15 Å². The number of anilines is 1. The average Bonchev–Trinajstić information content (AvgIpc) is 3.12. The summed E-state index contributed by atoms with van der Waals surface area (Å²) in [6.45, 7) is 1.52. The lowest BCUT2D eigenvalue weighted by Crippen LogP contribution is -2.30. The predicted octanol–water partition coefficient (Wildman–Crippen LogP) is 3.42. The van der Waals surface area contributed by atoms with Gasteiger partial charge in [-0.05, 0) is 43.3 Å². The van der Waals surface area contributed by atoms with Crippen molar-refractivity contribution in [2.75, 3.05) is 5.32 Å². The van der Waals surface area contributed by atoms with Crippen molar-refractivity contribution in [1.82, 2.24) is 10.2 Å². The molecule has 8 heteroatoms. The van der Waals surface area contributed by atoms with Crippen molar-refractivity contribution in [3.8, 4) is 17.2 Å². The van der Waals surface area contributed by atoms with Crippen LogP contribution in [0.3, 0.4) is 0 Å². The summed E-state index contributed by atoms with van der Waals surface area (Å²) in [4.78, 5) is 12.1. The lowest BCUT2D eigenvalue weighted by atomic mass is 10.2. The Kier molecular flexibility index (Phi) is 4.69. The van der Waals surface area contributed by atoms with Crippen LogP contribution in [0.15, 0.2) is 53.3 Å². The zero-order valence-electron chi connectivity index (χ0n) is 13.1. The number of nitrogens with zero attached hydrogens (tertiary/aromatic N) is 2. The van der Waals surface area contributed by atoms with Crippen LogP contribution in [0, 0.1) is 11.6 Å². The molecule has 0 saturated heterocycles. The Bertz CT molecular complexity index is 867. The van der Waals surface area contributed by atoms with Gasteiger partial charge in [-0.15, -0.1) is 10.2 Å². The normalized spacial score (nSPS) is 11.8. The highest BCUT2D eigenvalue weighted by Crippen LogP contribution is 2.21. The number of nitrogens with one attached hydrogen (secondary N) is 1. The van der Waals surface area contributed by atoms with E-state index in [9.17, 15) is 13.6 Å². The van der Waals surface area contributed by atoms with Gasteiger partial charge in [0.05, 0.1) is 5.69 Å². The minimum absolute atomic E-state index is 0.117. The topological polar surface area (TPSA) is 77.2 Å². The van der Waals surface area contributed by atoms with Crippen molar-refractivity contribution < 1.29 is 22.7 Å². The van der Waals surface area contributed by atoms with E-state index in [2.05, 4.69) is 15.5 Å². The summed E-state index contributed by atoms with van der Waals surface area (Å²) in [5.74, 6) is -1.34. The van der Waals surface area contributed by atoms with Crippen molar-refractivity contribution in [1.29, 1.82) is 0 Å². The van der Waals surface area contributed by atoms with Crippen LogP contribution in [-0.4, -0.2) is 22.2 Å². The third kappa shape index (κ3) is 3.97. The van der Waals surface area contributed by atoms with Gasteiger partial charge in [0.15, 0.2) is 6.10 Å². The quantitative estimate of drug-likeness (QED) is 0.767. The van der Waals surface area contributed by atoms with Gasteiger partial charge in [0, 0.05) is 11.6 Å². The second-order valence-electron chi connectivity index (χ2n) is 5.14. The second-order valence-corrected chi connectivity index (χ2v) is 5.14. The molecule has 0 fully saturated rings. The number of carbonyl (C=O) groups excluding carboxylic acids is 1. The Morgan fingerprint density at radius 1 is 1.20 bits per heavy atom. The fourth-order valence-corrected chi connectivity index (χ4v) is 2.06. The molecule has 25 heavy (non-hydrogen) atoms. The van der Waals surface area contributed by atoms with Crippen molar-refractivity contribution in [3.05, 3.63) is 60.5 Å². The first kappa shape index (κ1) is 16.6. The van der Waals surface area contributed by atoms with E-state index >= 15 is 0 Å². The second kappa shape index (κ2) is 7.08. The van der Waals surface area contributed by atoms with Crippen LogP contribution in [-0.2, 0) is 4.79 Å². The molecule has 0 bridgehead atoms. The molecular formula is C17H13F2N3O3. The molecule has 6 nitrogen and oxygen atoms in total. The van der Waals surface area contributed by atoms with Crippen LogP contribution in [0.2, 0.25) is 0 Å². The Balaban J connectivity index is 1.63. The number of benzene rings is 2. The number of ether oxygens (including phenoxy) is 1. The number of rotatable bonds is 5. The first-order chi connectivity index (χ1) is 12.0. The Morgan fingerprint density at radius 2 is 1.96 bits per heavy atom. The van der Waals surface area contributed by atoms with Gasteiger partial charge in [-0.25, -0.2) is 8.78 Å². The molecule has 1 aromatic heterocycles. The molecule has 128 valence electrons. The standard InChI is InChI=1S/C17H13F2N3O3/c1-10(16(23)21-15-7-4-12(18)8-14(15)19)25-13-5-2-11(3-6-13)17-22-20-9-24-17/h2-10H,1H3,(H,21,23). The highest BCUT2D eigenvalue weighted by Gasteiger charge is 2.17. The maximum absolute atomic E-state index is 13.6. The van der Waals surface area contributed by atoms with E-state index in [0.717, 1.165) is 12.1 Å². The summed E-state index contributed by atoms with van der Waals surface area (Å²) >= 11 is 0.